The number of benzene rings is 3. The third kappa shape index (κ3) is 6.32. The number of carbonyl (C=O) groups excluding carboxylic acids is 1. The Kier molecular flexibility index (Phi) is 7.56. The largest absolute Gasteiger partial charge is 0.497 e. The molecule has 1 heterocycles. The van der Waals surface area contributed by atoms with Gasteiger partial charge in [-0.15, -0.1) is 5.10 Å². The SMILES string of the molecule is COc1ccc(-c2cn(-c3cccc(CNC(=O)C(C)Cc4cccc(C(F)(F)F)c4)c3)nn2)c(F)c1. The number of halogens is 4. The fraction of sp³-hybridized carbons (Fsp3) is 0.222. The number of hydrogen-bond acceptors (Lipinski definition) is 4. The fourth-order valence-electron chi connectivity index (χ4n) is 3.84. The van der Waals surface area contributed by atoms with E-state index in [1.807, 2.05) is 6.07 Å². The third-order valence-electron chi connectivity index (χ3n) is 5.83. The molecule has 1 aromatic heterocycles. The Labute approximate surface area is 210 Å². The lowest BCUT2D eigenvalue weighted by Crippen LogP contribution is -2.30. The molecule has 192 valence electrons. The van der Waals surface area contributed by atoms with Crippen molar-refractivity contribution in [3.05, 3.63) is 95.4 Å². The molecule has 4 aromatic rings. The quantitative estimate of drug-likeness (QED) is 0.312. The van der Waals surface area contributed by atoms with E-state index in [1.165, 1.54) is 23.9 Å². The molecule has 10 heteroatoms. The number of rotatable bonds is 8. The van der Waals surface area contributed by atoms with E-state index >= 15 is 0 Å². The molecule has 0 bridgehead atoms. The lowest BCUT2D eigenvalue weighted by molar-refractivity contribution is -0.137. The number of nitrogens with zero attached hydrogens (tertiary/aromatic N) is 3. The van der Waals surface area contributed by atoms with E-state index in [9.17, 15) is 22.4 Å². The highest BCUT2D eigenvalue weighted by molar-refractivity contribution is 5.78. The van der Waals surface area contributed by atoms with Crippen molar-refractivity contribution >= 4 is 5.91 Å². The molecule has 1 amide bonds. The summed E-state index contributed by atoms with van der Waals surface area (Å²) in [7, 11) is 1.46. The van der Waals surface area contributed by atoms with Crippen molar-refractivity contribution in [2.24, 2.45) is 5.92 Å². The first-order chi connectivity index (χ1) is 17.6. The van der Waals surface area contributed by atoms with Crippen LogP contribution in [-0.2, 0) is 23.9 Å². The number of hydrogen-bond donors (Lipinski definition) is 1. The van der Waals surface area contributed by atoms with Crippen LogP contribution in [0, 0.1) is 11.7 Å². The van der Waals surface area contributed by atoms with Crippen molar-refractivity contribution < 1.29 is 27.1 Å². The lowest BCUT2D eigenvalue weighted by Gasteiger charge is -2.14. The molecule has 0 fully saturated rings. The highest BCUT2D eigenvalue weighted by Gasteiger charge is 2.30. The van der Waals surface area contributed by atoms with Gasteiger partial charge in [0, 0.05) is 24.1 Å². The Balaban J connectivity index is 1.39. The second kappa shape index (κ2) is 10.8. The van der Waals surface area contributed by atoms with Gasteiger partial charge in [0.25, 0.3) is 0 Å². The van der Waals surface area contributed by atoms with E-state index in [4.69, 9.17) is 4.74 Å². The van der Waals surface area contributed by atoms with E-state index in [1.54, 1.807) is 49.5 Å². The maximum absolute atomic E-state index is 14.4. The zero-order valence-electron chi connectivity index (χ0n) is 20.1. The predicted molar refractivity (Wildman–Crippen MR) is 129 cm³/mol. The zero-order chi connectivity index (χ0) is 26.6. The molecular weight excluding hydrogens is 488 g/mol. The van der Waals surface area contributed by atoms with Gasteiger partial charge < -0.3 is 10.1 Å². The van der Waals surface area contributed by atoms with Crippen LogP contribution in [0.15, 0.2) is 72.9 Å². The van der Waals surface area contributed by atoms with Crippen LogP contribution in [0.3, 0.4) is 0 Å². The van der Waals surface area contributed by atoms with E-state index < -0.39 is 23.5 Å². The molecule has 1 atom stereocenters. The summed E-state index contributed by atoms with van der Waals surface area (Å²) in [4.78, 5) is 12.6. The van der Waals surface area contributed by atoms with Gasteiger partial charge in [-0.05, 0) is 47.9 Å². The van der Waals surface area contributed by atoms with Crippen molar-refractivity contribution in [2.45, 2.75) is 26.1 Å². The van der Waals surface area contributed by atoms with Crippen LogP contribution in [0.5, 0.6) is 5.75 Å². The number of aromatic nitrogens is 3. The van der Waals surface area contributed by atoms with Crippen LogP contribution in [-0.4, -0.2) is 28.0 Å². The summed E-state index contributed by atoms with van der Waals surface area (Å²) in [6.45, 7) is 1.88. The first-order valence-electron chi connectivity index (χ1n) is 11.4. The minimum Gasteiger partial charge on any atom is -0.497 e. The topological polar surface area (TPSA) is 69.0 Å². The number of alkyl halides is 3. The van der Waals surface area contributed by atoms with E-state index in [2.05, 4.69) is 15.6 Å². The van der Waals surface area contributed by atoms with Crippen molar-refractivity contribution in [1.82, 2.24) is 20.3 Å². The van der Waals surface area contributed by atoms with Gasteiger partial charge in [-0.3, -0.25) is 4.79 Å². The van der Waals surface area contributed by atoms with E-state index in [0.717, 1.165) is 17.7 Å². The van der Waals surface area contributed by atoms with Crippen LogP contribution in [0.1, 0.15) is 23.6 Å². The minimum absolute atomic E-state index is 0.180. The fourth-order valence-corrected chi connectivity index (χ4v) is 3.84. The summed E-state index contributed by atoms with van der Waals surface area (Å²) >= 11 is 0. The molecule has 6 nitrogen and oxygen atoms in total. The van der Waals surface area contributed by atoms with Crippen LogP contribution < -0.4 is 10.1 Å². The molecule has 0 aliphatic carbocycles. The molecule has 0 spiro atoms. The zero-order valence-corrected chi connectivity index (χ0v) is 20.1. The summed E-state index contributed by atoms with van der Waals surface area (Å²) in [5.74, 6) is -0.889. The summed E-state index contributed by atoms with van der Waals surface area (Å²) < 4.78 is 59.8. The highest BCUT2D eigenvalue weighted by Crippen LogP contribution is 2.30. The number of methoxy groups -OCH3 is 1. The molecule has 0 saturated carbocycles. The van der Waals surface area contributed by atoms with Crippen molar-refractivity contribution in [1.29, 1.82) is 0 Å². The van der Waals surface area contributed by atoms with Crippen molar-refractivity contribution in [3.63, 3.8) is 0 Å². The lowest BCUT2D eigenvalue weighted by atomic mass is 9.98. The molecule has 0 saturated heterocycles. The van der Waals surface area contributed by atoms with Crippen molar-refractivity contribution in [3.8, 4) is 22.7 Å². The Morgan fingerprint density at radius 3 is 2.54 bits per heavy atom. The van der Waals surface area contributed by atoms with Gasteiger partial charge in [-0.1, -0.05) is 42.5 Å². The highest BCUT2D eigenvalue weighted by atomic mass is 19.4. The van der Waals surface area contributed by atoms with Gasteiger partial charge in [0.1, 0.15) is 17.3 Å². The predicted octanol–water partition coefficient (Wildman–Crippen LogP) is 5.60. The molecule has 1 unspecified atom stereocenters. The molecule has 4 rings (SSSR count). The first kappa shape index (κ1) is 25.9. The molecule has 0 aliphatic rings. The van der Waals surface area contributed by atoms with E-state index in [-0.39, 0.29) is 24.4 Å². The molecule has 37 heavy (non-hydrogen) atoms. The van der Waals surface area contributed by atoms with Crippen LogP contribution in [0.25, 0.3) is 16.9 Å². The number of carbonyl (C=O) groups is 1. The van der Waals surface area contributed by atoms with Gasteiger partial charge in [0.05, 0.1) is 24.6 Å². The van der Waals surface area contributed by atoms with Crippen LogP contribution in [0.2, 0.25) is 0 Å². The molecular formula is C27H24F4N4O2. The third-order valence-corrected chi connectivity index (χ3v) is 5.83. The normalized spacial score (nSPS) is 12.3. The second-order valence-electron chi connectivity index (χ2n) is 8.59. The Bertz CT molecular complexity index is 1400. The Hall–Kier alpha value is -4.21. The summed E-state index contributed by atoms with van der Waals surface area (Å²) in [6, 6.07) is 16.7. The first-order valence-corrected chi connectivity index (χ1v) is 11.4. The maximum atomic E-state index is 14.4. The van der Waals surface area contributed by atoms with Crippen LogP contribution in [0.4, 0.5) is 17.6 Å². The van der Waals surface area contributed by atoms with Crippen molar-refractivity contribution in [2.75, 3.05) is 7.11 Å². The van der Waals surface area contributed by atoms with Crippen LogP contribution >= 0.6 is 0 Å². The average molecular weight is 513 g/mol. The van der Waals surface area contributed by atoms with Gasteiger partial charge >= 0.3 is 6.18 Å². The van der Waals surface area contributed by atoms with Gasteiger partial charge in [0.2, 0.25) is 5.91 Å². The number of ether oxygens (including phenoxy) is 1. The molecule has 0 aliphatic heterocycles. The molecule has 1 N–H and O–H groups in total. The summed E-state index contributed by atoms with van der Waals surface area (Å²) in [5, 5.41) is 11.0. The average Bonchev–Trinajstić information content (AvgIpc) is 3.37. The molecule has 3 aromatic carbocycles. The smallest absolute Gasteiger partial charge is 0.416 e. The minimum atomic E-state index is -4.43. The standard InChI is InChI=1S/C27H24F4N4O2/c1-17(11-18-5-3-7-20(12-18)27(29,30)31)26(36)32-15-19-6-4-8-21(13-19)35-16-25(33-34-35)23-10-9-22(37-2)14-24(23)28/h3-10,12-14,16-17H,11,15H2,1-2H3,(H,32,36). The second-order valence-corrected chi connectivity index (χ2v) is 8.59. The monoisotopic (exact) mass is 512 g/mol. The maximum Gasteiger partial charge on any atom is 0.416 e. The van der Waals surface area contributed by atoms with Gasteiger partial charge in [-0.2, -0.15) is 13.2 Å². The number of nitrogens with one attached hydrogen (secondary N) is 1. The summed E-state index contributed by atoms with van der Waals surface area (Å²) in [5.41, 5.74) is 1.78. The van der Waals surface area contributed by atoms with Gasteiger partial charge in [-0.25, -0.2) is 9.07 Å². The van der Waals surface area contributed by atoms with Gasteiger partial charge in [0.15, 0.2) is 0 Å². The van der Waals surface area contributed by atoms with E-state index in [0.29, 0.717) is 22.7 Å². The Morgan fingerprint density at radius 2 is 1.81 bits per heavy atom. The summed E-state index contributed by atoms with van der Waals surface area (Å²) in [6.07, 6.45) is -2.65. The number of amides is 1. The molecule has 0 radical (unpaired) electrons. The Morgan fingerprint density at radius 1 is 1.05 bits per heavy atom.